The zero-order valence-electron chi connectivity index (χ0n) is 12.3. The lowest BCUT2D eigenvalue weighted by molar-refractivity contribution is 0.414. The molecule has 5 nitrogen and oxygen atoms in total. The lowest BCUT2D eigenvalue weighted by atomic mass is 10.2. The highest BCUT2D eigenvalue weighted by atomic mass is 32.1. The summed E-state index contributed by atoms with van der Waals surface area (Å²) in [5.74, 6) is 0.837. The van der Waals surface area contributed by atoms with Gasteiger partial charge in [0.25, 0.3) is 0 Å². The van der Waals surface area contributed by atoms with Gasteiger partial charge in [-0.25, -0.2) is 0 Å². The Bertz CT molecular complexity index is 674. The van der Waals surface area contributed by atoms with Crippen molar-refractivity contribution in [2.24, 2.45) is 10.8 Å². The summed E-state index contributed by atoms with van der Waals surface area (Å²) in [6.07, 6.45) is 1.71. The molecule has 3 N–H and O–H groups in total. The van der Waals surface area contributed by atoms with Crippen LogP contribution in [0.5, 0.6) is 5.75 Å². The van der Waals surface area contributed by atoms with Crippen molar-refractivity contribution in [2.45, 2.75) is 13.8 Å². The number of nitrogens with one attached hydrogen (secondary N) is 1. The second kappa shape index (κ2) is 6.41. The van der Waals surface area contributed by atoms with Crippen LogP contribution in [0.3, 0.4) is 0 Å². The molecule has 0 spiro atoms. The van der Waals surface area contributed by atoms with Crippen molar-refractivity contribution >= 4 is 23.5 Å². The van der Waals surface area contributed by atoms with Crippen molar-refractivity contribution in [2.75, 3.05) is 7.11 Å². The fraction of sp³-hybridized carbons (Fsp3) is 0.200. The second-order valence-corrected chi connectivity index (χ2v) is 5.03. The number of rotatable bonds is 4. The lowest BCUT2D eigenvalue weighted by Crippen LogP contribution is -2.24. The van der Waals surface area contributed by atoms with Gasteiger partial charge >= 0.3 is 0 Å². The summed E-state index contributed by atoms with van der Waals surface area (Å²) in [5, 5.41) is 4.15. The predicted octanol–water partition coefficient (Wildman–Crippen LogP) is 2.27. The Morgan fingerprint density at radius 2 is 2.00 bits per heavy atom. The number of benzene rings is 1. The van der Waals surface area contributed by atoms with E-state index in [4.69, 9.17) is 22.7 Å². The minimum atomic E-state index is 0.148. The first-order valence-corrected chi connectivity index (χ1v) is 6.85. The number of hydrogen-bond acceptors (Lipinski definition) is 3. The van der Waals surface area contributed by atoms with E-state index in [9.17, 15) is 0 Å². The molecule has 2 rings (SSSR count). The van der Waals surface area contributed by atoms with E-state index in [-0.39, 0.29) is 5.11 Å². The molecular formula is C15H18N4OS. The van der Waals surface area contributed by atoms with Crippen molar-refractivity contribution < 1.29 is 4.74 Å². The summed E-state index contributed by atoms with van der Waals surface area (Å²) in [5.41, 5.74) is 12.2. The van der Waals surface area contributed by atoms with Gasteiger partial charge in [-0.1, -0.05) is 0 Å². The van der Waals surface area contributed by atoms with Crippen molar-refractivity contribution in [3.63, 3.8) is 0 Å². The van der Waals surface area contributed by atoms with Crippen LogP contribution in [0.1, 0.15) is 17.0 Å². The van der Waals surface area contributed by atoms with E-state index in [1.807, 2.05) is 31.2 Å². The van der Waals surface area contributed by atoms with E-state index in [0.29, 0.717) is 0 Å². The van der Waals surface area contributed by atoms with Crippen LogP contribution in [0.15, 0.2) is 35.4 Å². The zero-order chi connectivity index (χ0) is 15.4. The van der Waals surface area contributed by atoms with E-state index >= 15 is 0 Å². The second-order valence-electron chi connectivity index (χ2n) is 4.59. The Hall–Kier alpha value is -2.34. The van der Waals surface area contributed by atoms with Gasteiger partial charge in [0, 0.05) is 22.6 Å². The van der Waals surface area contributed by atoms with E-state index in [1.54, 1.807) is 13.3 Å². The van der Waals surface area contributed by atoms with E-state index in [1.165, 1.54) is 0 Å². The third-order valence-electron chi connectivity index (χ3n) is 3.18. The minimum Gasteiger partial charge on any atom is -0.497 e. The van der Waals surface area contributed by atoms with Gasteiger partial charge in [-0.3, -0.25) is 5.43 Å². The van der Waals surface area contributed by atoms with Crippen molar-refractivity contribution in [3.8, 4) is 11.4 Å². The van der Waals surface area contributed by atoms with E-state index in [2.05, 4.69) is 28.1 Å². The number of nitrogens with zero attached hydrogens (tertiary/aromatic N) is 2. The molecular weight excluding hydrogens is 284 g/mol. The standard InChI is InChI=1S/C15H18N4OS/c1-10-8-12(9-17-18-15(16)21)11(2)19(10)13-4-6-14(20-3)7-5-13/h4-9H,1-3H3,(H3,16,18,21)/b17-9-. The lowest BCUT2D eigenvalue weighted by Gasteiger charge is -2.10. The molecule has 0 radical (unpaired) electrons. The fourth-order valence-corrected chi connectivity index (χ4v) is 2.27. The van der Waals surface area contributed by atoms with Gasteiger partial charge in [0.05, 0.1) is 13.3 Å². The number of ether oxygens (including phenoxy) is 1. The van der Waals surface area contributed by atoms with Crippen LogP contribution in [-0.2, 0) is 0 Å². The molecule has 0 aliphatic rings. The third kappa shape index (κ3) is 3.41. The van der Waals surface area contributed by atoms with Crippen molar-refractivity contribution in [1.29, 1.82) is 0 Å². The van der Waals surface area contributed by atoms with Gasteiger partial charge in [-0.05, 0) is 56.4 Å². The van der Waals surface area contributed by atoms with Gasteiger partial charge in [0.15, 0.2) is 5.11 Å². The van der Waals surface area contributed by atoms with Crippen LogP contribution in [0.25, 0.3) is 5.69 Å². The van der Waals surface area contributed by atoms with Crippen LogP contribution in [0, 0.1) is 13.8 Å². The normalized spacial score (nSPS) is 10.8. The summed E-state index contributed by atoms with van der Waals surface area (Å²) in [7, 11) is 1.66. The number of aromatic nitrogens is 1. The molecule has 0 aliphatic heterocycles. The smallest absolute Gasteiger partial charge is 0.184 e. The number of methoxy groups -OCH3 is 1. The van der Waals surface area contributed by atoms with Crippen molar-refractivity contribution in [1.82, 2.24) is 9.99 Å². The predicted molar refractivity (Wildman–Crippen MR) is 89.3 cm³/mol. The molecule has 0 fully saturated rings. The molecule has 0 unspecified atom stereocenters. The quantitative estimate of drug-likeness (QED) is 0.516. The number of nitrogens with two attached hydrogens (primary N) is 1. The molecule has 21 heavy (non-hydrogen) atoms. The maximum absolute atomic E-state index is 5.34. The van der Waals surface area contributed by atoms with Gasteiger partial charge in [-0.15, -0.1) is 0 Å². The molecule has 0 bridgehead atoms. The molecule has 0 saturated carbocycles. The molecule has 1 heterocycles. The molecule has 0 saturated heterocycles. The van der Waals surface area contributed by atoms with Crippen LogP contribution in [-0.4, -0.2) is 23.0 Å². The summed E-state index contributed by atoms with van der Waals surface area (Å²) < 4.78 is 7.34. The van der Waals surface area contributed by atoms with Crippen molar-refractivity contribution in [3.05, 3.63) is 47.3 Å². The Labute approximate surface area is 129 Å². The first-order chi connectivity index (χ1) is 10.0. The summed E-state index contributed by atoms with van der Waals surface area (Å²) in [6.45, 7) is 4.09. The molecule has 0 atom stereocenters. The molecule has 1 aromatic heterocycles. The van der Waals surface area contributed by atoms with Crippen LogP contribution in [0.2, 0.25) is 0 Å². The number of hydrogen-bond donors (Lipinski definition) is 2. The highest BCUT2D eigenvalue weighted by Crippen LogP contribution is 2.21. The maximum Gasteiger partial charge on any atom is 0.184 e. The zero-order valence-corrected chi connectivity index (χ0v) is 13.1. The Kier molecular flexibility index (Phi) is 4.59. The summed E-state index contributed by atoms with van der Waals surface area (Å²) in [6, 6.07) is 9.98. The fourth-order valence-electron chi connectivity index (χ4n) is 2.21. The van der Waals surface area contributed by atoms with E-state index in [0.717, 1.165) is 28.4 Å². The first-order valence-electron chi connectivity index (χ1n) is 6.45. The highest BCUT2D eigenvalue weighted by Gasteiger charge is 2.09. The molecule has 110 valence electrons. The van der Waals surface area contributed by atoms with Crippen LogP contribution < -0.4 is 15.9 Å². The monoisotopic (exact) mass is 302 g/mol. The van der Waals surface area contributed by atoms with Crippen LogP contribution >= 0.6 is 12.2 Å². The Morgan fingerprint density at radius 1 is 1.33 bits per heavy atom. The Morgan fingerprint density at radius 3 is 2.57 bits per heavy atom. The average molecular weight is 302 g/mol. The summed E-state index contributed by atoms with van der Waals surface area (Å²) >= 11 is 4.71. The first kappa shape index (κ1) is 15.1. The topological polar surface area (TPSA) is 64.6 Å². The van der Waals surface area contributed by atoms with E-state index < -0.39 is 0 Å². The Balaban J connectivity index is 2.34. The SMILES string of the molecule is COc1ccc(-n2c(C)cc(/C=N\NC(N)=S)c2C)cc1. The molecule has 0 aliphatic carbocycles. The maximum atomic E-state index is 5.34. The van der Waals surface area contributed by atoms with Gasteiger partial charge in [-0.2, -0.15) is 5.10 Å². The number of thiocarbonyl (C=S) groups is 1. The molecule has 1 aromatic carbocycles. The van der Waals surface area contributed by atoms with Gasteiger partial charge in [0.2, 0.25) is 0 Å². The molecule has 2 aromatic rings. The molecule has 0 amide bonds. The van der Waals surface area contributed by atoms with Gasteiger partial charge < -0.3 is 15.0 Å². The molecule has 6 heteroatoms. The minimum absolute atomic E-state index is 0.148. The largest absolute Gasteiger partial charge is 0.497 e. The van der Waals surface area contributed by atoms with Crippen LogP contribution in [0.4, 0.5) is 0 Å². The summed E-state index contributed by atoms with van der Waals surface area (Å²) in [4.78, 5) is 0. The average Bonchev–Trinajstić information content (AvgIpc) is 2.73. The number of aryl methyl sites for hydroxylation is 1. The number of hydrazone groups is 1. The third-order valence-corrected chi connectivity index (χ3v) is 3.27. The van der Waals surface area contributed by atoms with Gasteiger partial charge in [0.1, 0.15) is 5.75 Å². The highest BCUT2D eigenvalue weighted by molar-refractivity contribution is 7.80.